The van der Waals surface area contributed by atoms with Crippen molar-refractivity contribution in [2.45, 2.75) is 304 Å². The zero-order valence-electron chi connectivity index (χ0n) is 67.8. The minimum Gasteiger partial charge on any atom is -0.354 e. The fraction of sp³-hybridized carbons (Fsp3) is 0.522. The van der Waals surface area contributed by atoms with Gasteiger partial charge in [-0.15, -0.1) is 0 Å². The number of hydrogen-bond acceptors (Lipinski definition) is 10. The Morgan fingerprint density at radius 3 is 0.554 bits per heavy atom. The Bertz CT molecular complexity index is 4140. The second kappa shape index (κ2) is 47.2. The molecule has 4 aromatic carbocycles. The molecule has 2 aliphatic rings. The quantitative estimate of drug-likeness (QED) is 0.0197. The number of aromatic nitrogens is 4. The molecule has 0 spiro atoms. The topological polar surface area (TPSA) is 242 Å². The number of benzene rings is 4. The van der Waals surface area contributed by atoms with Crippen LogP contribution in [0.4, 0.5) is 0 Å². The fourth-order valence-corrected chi connectivity index (χ4v) is 19.5. The third kappa shape index (κ3) is 27.7. The smallest absolute Gasteiger partial charge is 0.240 e. The summed E-state index contributed by atoms with van der Waals surface area (Å²) >= 11 is 0. The van der Waals surface area contributed by atoms with Gasteiger partial charge in [0.05, 0.1) is 42.4 Å². The summed E-state index contributed by atoms with van der Waals surface area (Å²) in [6, 6.07) is 35.3. The molecule has 8 bridgehead atoms. The lowest BCUT2D eigenvalue weighted by atomic mass is 10.0. The first kappa shape index (κ1) is 89.1. The lowest BCUT2D eigenvalue weighted by Gasteiger charge is -2.10. The summed E-state index contributed by atoms with van der Waals surface area (Å²) in [4.78, 5) is 19.0. The molecule has 0 amide bonds. The van der Waals surface area contributed by atoms with Crippen molar-refractivity contribution in [1.82, 2.24) is 38.8 Å². The molecule has 0 fully saturated rings. The third-order valence-corrected chi connectivity index (χ3v) is 27.8. The van der Waals surface area contributed by atoms with E-state index in [1.54, 1.807) is 97.1 Å². The van der Waals surface area contributed by atoms with Crippen LogP contribution in [0, 0.1) is 0 Å². The highest BCUT2D eigenvalue weighted by Crippen LogP contribution is 2.40. The standard InChI is InChI=1S/C92H130N8O8S4/c1-5-9-13-17-21-25-29-33-37-41-69-93-109(101,102)77-53-45-73(46-54-77)89-81-61-63-83(97-81)90(74-47-55-78(56-48-74)110(103,104)94-70-42-38-34-30-26-22-18-14-10-6-2)85-65-67-87(99-85)92(76-51-59-80(60-52-76)112(107,108)96-72-44-40-36-32-28-24-20-16-12-8-4)88-68-66-86(100-88)91(84-64-62-82(89)98-84)75-49-57-79(58-50-75)111(105,106)95-71-43-39-35-31-27-23-19-15-11-7-3/h45-68,93-97,100H,5-44,69-72H2,1-4H3. The van der Waals surface area contributed by atoms with Gasteiger partial charge in [0.25, 0.3) is 0 Å². The summed E-state index contributed by atoms with van der Waals surface area (Å²) < 4.78 is 123. The van der Waals surface area contributed by atoms with Crippen LogP contribution in [0.3, 0.4) is 0 Å². The highest BCUT2D eigenvalue weighted by atomic mass is 32.2. The van der Waals surface area contributed by atoms with Crippen LogP contribution in [-0.2, 0) is 40.1 Å². The molecule has 0 saturated heterocycles. The Morgan fingerprint density at radius 1 is 0.223 bits per heavy atom. The molecular weight excluding hydrogens is 1470 g/mol. The minimum atomic E-state index is -3.87. The Labute approximate surface area is 673 Å². The molecule has 6 N–H and O–H groups in total. The van der Waals surface area contributed by atoms with Gasteiger partial charge in [-0.2, -0.15) is 0 Å². The molecule has 7 aromatic rings. The van der Waals surface area contributed by atoms with Gasteiger partial charge in [0.1, 0.15) is 0 Å². The molecule has 3 aromatic heterocycles. The number of rotatable bonds is 56. The summed E-state index contributed by atoms with van der Waals surface area (Å²) in [7, 11) is -15.5. The van der Waals surface area contributed by atoms with E-state index in [2.05, 4.69) is 56.6 Å². The number of fused-ring (bicyclic) bond motifs is 8. The lowest BCUT2D eigenvalue weighted by molar-refractivity contribution is 0.548. The van der Waals surface area contributed by atoms with Crippen molar-refractivity contribution in [3.63, 3.8) is 0 Å². The SMILES string of the molecule is CCCCCCCCCCCCNS(=O)(=O)c1ccc(-c2c3nc(c(-c4ccc(S(=O)(=O)NCCCCCCCCCCCC)cc4)c4ccc([nH]4)c(-c4ccc(S(=O)(=O)NCCCCCCCCCCCC)cc4)c4nc(c(-c5ccc(S(=O)(=O)NCCCCCCCCCCCC)cc5)c5ccc2[nH]5)C=C4)C=C3)cc1. The van der Waals surface area contributed by atoms with Crippen molar-refractivity contribution < 1.29 is 33.7 Å². The molecule has 2 aliphatic heterocycles. The first-order valence-corrected chi connectivity index (χ1v) is 49.0. The summed E-state index contributed by atoms with van der Waals surface area (Å²) in [6.45, 7) is 10.3. The maximum atomic E-state index is 14.0. The molecule has 112 heavy (non-hydrogen) atoms. The zero-order valence-corrected chi connectivity index (χ0v) is 71.0. The number of nitrogens with one attached hydrogen (secondary N) is 6. The summed E-state index contributed by atoms with van der Waals surface area (Å²) in [5.74, 6) is 0. The second-order valence-electron chi connectivity index (χ2n) is 30.9. The van der Waals surface area contributed by atoms with Crippen LogP contribution in [0.25, 0.3) is 90.9 Å². The molecule has 0 radical (unpaired) electrons. The molecular formula is C92H130N8O8S4. The Balaban J connectivity index is 1.10. The van der Waals surface area contributed by atoms with Crippen LogP contribution in [-0.4, -0.2) is 79.8 Å². The van der Waals surface area contributed by atoms with E-state index in [4.69, 9.17) is 9.97 Å². The Morgan fingerprint density at radius 2 is 0.384 bits per heavy atom. The van der Waals surface area contributed by atoms with Crippen LogP contribution >= 0.6 is 0 Å². The second-order valence-corrected chi connectivity index (χ2v) is 38.0. The number of sulfonamides is 4. The van der Waals surface area contributed by atoms with Gasteiger partial charge in [0, 0.05) is 70.5 Å². The average molecular weight is 1600 g/mol. The summed E-state index contributed by atoms with van der Waals surface area (Å²) in [5, 5.41) is 0. The van der Waals surface area contributed by atoms with Gasteiger partial charge in [-0.25, -0.2) is 62.5 Å². The molecule has 610 valence electrons. The predicted molar refractivity (Wildman–Crippen MR) is 469 cm³/mol. The molecule has 5 heterocycles. The van der Waals surface area contributed by atoms with Gasteiger partial charge in [0.2, 0.25) is 40.1 Å². The zero-order chi connectivity index (χ0) is 79.3. The average Bonchev–Trinajstić information content (AvgIpc) is 1.61. The lowest BCUT2D eigenvalue weighted by Crippen LogP contribution is -2.24. The van der Waals surface area contributed by atoms with Gasteiger partial charge in [-0.1, -0.05) is 307 Å². The number of unbranched alkanes of at least 4 members (excludes halogenated alkanes) is 36. The van der Waals surface area contributed by atoms with E-state index in [1.807, 2.05) is 48.6 Å². The molecule has 16 nitrogen and oxygen atoms in total. The largest absolute Gasteiger partial charge is 0.354 e. The first-order chi connectivity index (χ1) is 54.5. The van der Waals surface area contributed by atoms with E-state index in [9.17, 15) is 33.7 Å². The van der Waals surface area contributed by atoms with E-state index >= 15 is 0 Å². The van der Waals surface area contributed by atoms with Gasteiger partial charge >= 0.3 is 0 Å². The van der Waals surface area contributed by atoms with Crippen molar-refractivity contribution in [3.05, 3.63) is 144 Å². The summed E-state index contributed by atoms with van der Waals surface area (Å²) in [5.41, 5.74) is 10.1. The molecule has 0 saturated carbocycles. The minimum absolute atomic E-state index is 0.134. The number of aromatic amines is 2. The third-order valence-electron chi connectivity index (χ3n) is 21.9. The van der Waals surface area contributed by atoms with E-state index < -0.39 is 40.1 Å². The van der Waals surface area contributed by atoms with Crippen molar-refractivity contribution in [3.8, 4) is 44.5 Å². The van der Waals surface area contributed by atoms with Crippen LogP contribution in [0.5, 0.6) is 0 Å². The predicted octanol–water partition coefficient (Wildman–Crippen LogP) is 24.1. The number of nitrogens with zero attached hydrogens (tertiary/aromatic N) is 2. The van der Waals surface area contributed by atoms with Crippen LogP contribution in [0.15, 0.2) is 141 Å². The first-order valence-electron chi connectivity index (χ1n) is 43.0. The Hall–Kier alpha value is -6.88. The van der Waals surface area contributed by atoms with Gasteiger partial charge < -0.3 is 9.97 Å². The van der Waals surface area contributed by atoms with Crippen molar-refractivity contribution in [2.24, 2.45) is 0 Å². The van der Waals surface area contributed by atoms with Crippen molar-refractivity contribution in [2.75, 3.05) is 26.2 Å². The molecule has 0 aliphatic carbocycles. The Kier molecular flexibility index (Phi) is 37.6. The summed E-state index contributed by atoms with van der Waals surface area (Å²) in [6.07, 6.45) is 53.5. The maximum Gasteiger partial charge on any atom is 0.240 e. The number of hydrogen-bond donors (Lipinski definition) is 6. The van der Waals surface area contributed by atoms with E-state index in [0.717, 1.165) is 103 Å². The van der Waals surface area contributed by atoms with Crippen molar-refractivity contribution in [1.29, 1.82) is 0 Å². The number of H-pyrrole nitrogens is 2. The van der Waals surface area contributed by atoms with Crippen LogP contribution in [0.2, 0.25) is 0 Å². The monoisotopic (exact) mass is 1600 g/mol. The molecule has 0 atom stereocenters. The van der Waals surface area contributed by atoms with E-state index in [-0.39, 0.29) is 19.6 Å². The van der Waals surface area contributed by atoms with Gasteiger partial charge in [-0.05, 0) is 145 Å². The maximum absolute atomic E-state index is 14.0. The highest BCUT2D eigenvalue weighted by Gasteiger charge is 2.24. The van der Waals surface area contributed by atoms with Crippen LogP contribution < -0.4 is 18.9 Å². The molecule has 0 unspecified atom stereocenters. The van der Waals surface area contributed by atoms with E-state index in [0.29, 0.717) is 116 Å². The highest BCUT2D eigenvalue weighted by molar-refractivity contribution is 7.90. The van der Waals surface area contributed by atoms with Gasteiger partial charge in [0.15, 0.2) is 0 Å². The van der Waals surface area contributed by atoms with E-state index in [1.165, 1.54) is 154 Å². The normalized spacial score (nSPS) is 12.6. The molecule has 20 heteroatoms. The fourth-order valence-electron chi connectivity index (χ4n) is 15.2. The van der Waals surface area contributed by atoms with Gasteiger partial charge in [-0.3, -0.25) is 0 Å². The van der Waals surface area contributed by atoms with Crippen molar-refractivity contribution >= 4 is 86.5 Å². The van der Waals surface area contributed by atoms with Crippen LogP contribution in [0.1, 0.15) is 307 Å². The molecule has 9 rings (SSSR count).